The second-order valence-electron chi connectivity index (χ2n) is 5.25. The smallest absolute Gasteiger partial charge is 0.0713 e. The van der Waals surface area contributed by atoms with Gasteiger partial charge in [0.25, 0.3) is 0 Å². The van der Waals surface area contributed by atoms with E-state index in [4.69, 9.17) is 4.74 Å². The second-order valence-corrected chi connectivity index (χ2v) is 6.62. The average molecular weight is 289 g/mol. The van der Waals surface area contributed by atoms with E-state index < -0.39 is 0 Å². The first kappa shape index (κ1) is 15.2. The molecule has 1 aromatic heterocycles. The number of hydrogen-bond donors (Lipinski definition) is 1. The summed E-state index contributed by atoms with van der Waals surface area (Å²) in [5.74, 6) is 0. The fraction of sp³-hybridized carbons (Fsp3) is 0.412. The van der Waals surface area contributed by atoms with Crippen LogP contribution >= 0.6 is 11.3 Å². The topological polar surface area (TPSA) is 21.3 Å². The van der Waals surface area contributed by atoms with E-state index in [0.717, 1.165) is 13.0 Å². The summed E-state index contributed by atoms with van der Waals surface area (Å²) >= 11 is 1.89. The summed E-state index contributed by atoms with van der Waals surface area (Å²) in [6, 6.07) is 13.5. The Kier molecular flexibility index (Phi) is 5.77. The average Bonchev–Trinajstić information content (AvgIpc) is 2.83. The zero-order valence-corrected chi connectivity index (χ0v) is 13.3. The van der Waals surface area contributed by atoms with Crippen LogP contribution in [0.5, 0.6) is 0 Å². The third-order valence-corrected chi connectivity index (χ3v) is 4.28. The van der Waals surface area contributed by atoms with Gasteiger partial charge in [-0.25, -0.2) is 0 Å². The summed E-state index contributed by atoms with van der Waals surface area (Å²) in [6.45, 7) is 5.99. The second kappa shape index (κ2) is 7.58. The van der Waals surface area contributed by atoms with Crippen LogP contribution in [0.15, 0.2) is 36.4 Å². The lowest BCUT2D eigenvalue weighted by atomic mass is 10.1. The first-order valence-electron chi connectivity index (χ1n) is 7.03. The van der Waals surface area contributed by atoms with Gasteiger partial charge in [0, 0.05) is 29.5 Å². The molecule has 2 rings (SSSR count). The highest BCUT2D eigenvalue weighted by atomic mass is 32.1. The highest BCUT2D eigenvalue weighted by molar-refractivity contribution is 7.11. The number of benzene rings is 1. The molecule has 0 aliphatic rings. The van der Waals surface area contributed by atoms with Crippen molar-refractivity contribution in [1.29, 1.82) is 0 Å². The minimum Gasteiger partial charge on any atom is -0.380 e. The SMILES string of the molecule is COCc1cccc(CNC(C)Cc2ccc(C)s2)c1. The molecule has 0 aliphatic carbocycles. The van der Waals surface area contributed by atoms with Crippen molar-refractivity contribution in [2.24, 2.45) is 0 Å². The van der Waals surface area contributed by atoms with E-state index in [1.165, 1.54) is 20.9 Å². The van der Waals surface area contributed by atoms with E-state index in [1.54, 1.807) is 7.11 Å². The van der Waals surface area contributed by atoms with Crippen LogP contribution in [0.1, 0.15) is 27.8 Å². The molecule has 1 aromatic carbocycles. The zero-order chi connectivity index (χ0) is 14.4. The fourth-order valence-electron chi connectivity index (χ4n) is 2.26. The summed E-state index contributed by atoms with van der Waals surface area (Å²) in [5, 5.41) is 3.59. The molecule has 0 saturated heterocycles. The molecule has 3 heteroatoms. The molecular formula is C17H23NOS. The van der Waals surface area contributed by atoms with Crippen molar-refractivity contribution < 1.29 is 4.74 Å². The Hall–Kier alpha value is -1.16. The molecule has 2 nitrogen and oxygen atoms in total. The molecule has 1 unspecified atom stereocenters. The van der Waals surface area contributed by atoms with Crippen LogP contribution in [0.2, 0.25) is 0 Å². The summed E-state index contributed by atoms with van der Waals surface area (Å²) in [6.07, 6.45) is 1.09. The van der Waals surface area contributed by atoms with E-state index in [-0.39, 0.29) is 0 Å². The Morgan fingerprint density at radius 3 is 2.70 bits per heavy atom. The van der Waals surface area contributed by atoms with Crippen LogP contribution in [-0.2, 0) is 24.3 Å². The lowest BCUT2D eigenvalue weighted by molar-refractivity contribution is 0.185. The molecule has 1 heterocycles. The molecule has 20 heavy (non-hydrogen) atoms. The van der Waals surface area contributed by atoms with Gasteiger partial charge in [0.2, 0.25) is 0 Å². The van der Waals surface area contributed by atoms with Crippen molar-refractivity contribution in [3.8, 4) is 0 Å². The van der Waals surface area contributed by atoms with E-state index >= 15 is 0 Å². The van der Waals surface area contributed by atoms with Gasteiger partial charge in [-0.15, -0.1) is 11.3 Å². The number of methoxy groups -OCH3 is 1. The maximum Gasteiger partial charge on any atom is 0.0713 e. The lowest BCUT2D eigenvalue weighted by Crippen LogP contribution is -2.27. The molecular weight excluding hydrogens is 266 g/mol. The Bertz CT molecular complexity index is 535. The van der Waals surface area contributed by atoms with Crippen LogP contribution in [-0.4, -0.2) is 13.2 Å². The van der Waals surface area contributed by atoms with Crippen LogP contribution in [0.4, 0.5) is 0 Å². The van der Waals surface area contributed by atoms with Crippen LogP contribution < -0.4 is 5.32 Å². The van der Waals surface area contributed by atoms with Gasteiger partial charge in [0.15, 0.2) is 0 Å². The molecule has 0 spiro atoms. The monoisotopic (exact) mass is 289 g/mol. The van der Waals surface area contributed by atoms with Crippen molar-refractivity contribution in [1.82, 2.24) is 5.32 Å². The van der Waals surface area contributed by atoms with E-state index in [1.807, 2.05) is 11.3 Å². The normalized spacial score (nSPS) is 12.6. The molecule has 2 aromatic rings. The zero-order valence-electron chi connectivity index (χ0n) is 12.5. The van der Waals surface area contributed by atoms with Crippen LogP contribution in [0.3, 0.4) is 0 Å². The number of rotatable bonds is 7. The summed E-state index contributed by atoms with van der Waals surface area (Å²) in [7, 11) is 1.73. The van der Waals surface area contributed by atoms with Gasteiger partial charge in [0.05, 0.1) is 6.61 Å². The van der Waals surface area contributed by atoms with Gasteiger partial charge in [-0.2, -0.15) is 0 Å². The Balaban J connectivity index is 1.83. The van der Waals surface area contributed by atoms with Crippen LogP contribution in [0, 0.1) is 6.92 Å². The Morgan fingerprint density at radius 1 is 1.20 bits per heavy atom. The predicted molar refractivity (Wildman–Crippen MR) is 86.2 cm³/mol. The molecule has 1 atom stereocenters. The van der Waals surface area contributed by atoms with Crippen molar-refractivity contribution in [3.05, 3.63) is 57.3 Å². The van der Waals surface area contributed by atoms with Crippen molar-refractivity contribution in [2.45, 2.75) is 39.5 Å². The first-order valence-corrected chi connectivity index (χ1v) is 7.84. The number of aryl methyl sites for hydroxylation is 1. The minimum absolute atomic E-state index is 0.485. The number of ether oxygens (including phenoxy) is 1. The standard InChI is InChI=1S/C17H23NOS/c1-13(9-17-8-7-14(2)20-17)18-11-15-5-4-6-16(10-15)12-19-3/h4-8,10,13,18H,9,11-12H2,1-3H3. The molecule has 0 amide bonds. The van der Waals surface area contributed by atoms with Crippen molar-refractivity contribution in [3.63, 3.8) is 0 Å². The molecule has 0 saturated carbocycles. The third kappa shape index (κ3) is 4.75. The summed E-state index contributed by atoms with van der Waals surface area (Å²) in [4.78, 5) is 2.84. The maximum atomic E-state index is 5.17. The Labute approximate surface area is 125 Å². The molecule has 0 radical (unpaired) electrons. The highest BCUT2D eigenvalue weighted by Crippen LogP contribution is 2.17. The lowest BCUT2D eigenvalue weighted by Gasteiger charge is -2.13. The highest BCUT2D eigenvalue weighted by Gasteiger charge is 2.05. The predicted octanol–water partition coefficient (Wildman–Crippen LogP) is 3.92. The molecule has 0 fully saturated rings. The van der Waals surface area contributed by atoms with Gasteiger partial charge >= 0.3 is 0 Å². The van der Waals surface area contributed by atoms with Gasteiger partial charge in [-0.3, -0.25) is 0 Å². The molecule has 0 bridgehead atoms. The number of hydrogen-bond acceptors (Lipinski definition) is 3. The van der Waals surface area contributed by atoms with Crippen molar-refractivity contribution >= 4 is 11.3 Å². The number of thiophene rings is 1. The fourth-order valence-corrected chi connectivity index (χ4v) is 3.28. The van der Waals surface area contributed by atoms with E-state index in [0.29, 0.717) is 12.6 Å². The molecule has 108 valence electrons. The van der Waals surface area contributed by atoms with E-state index in [2.05, 4.69) is 55.6 Å². The van der Waals surface area contributed by atoms with Crippen molar-refractivity contribution in [2.75, 3.05) is 7.11 Å². The van der Waals surface area contributed by atoms with Gasteiger partial charge in [-0.05, 0) is 43.5 Å². The number of nitrogens with one attached hydrogen (secondary N) is 1. The molecule has 1 N–H and O–H groups in total. The first-order chi connectivity index (χ1) is 9.67. The van der Waals surface area contributed by atoms with Gasteiger partial charge in [-0.1, -0.05) is 24.3 Å². The quantitative estimate of drug-likeness (QED) is 0.834. The summed E-state index contributed by atoms with van der Waals surface area (Å²) < 4.78 is 5.17. The van der Waals surface area contributed by atoms with E-state index in [9.17, 15) is 0 Å². The van der Waals surface area contributed by atoms with Crippen LogP contribution in [0.25, 0.3) is 0 Å². The maximum absolute atomic E-state index is 5.17. The minimum atomic E-state index is 0.485. The summed E-state index contributed by atoms with van der Waals surface area (Å²) in [5.41, 5.74) is 2.54. The largest absolute Gasteiger partial charge is 0.380 e. The van der Waals surface area contributed by atoms with Gasteiger partial charge < -0.3 is 10.1 Å². The molecule has 0 aliphatic heterocycles. The third-order valence-electron chi connectivity index (χ3n) is 3.26. The van der Waals surface area contributed by atoms with Gasteiger partial charge in [0.1, 0.15) is 0 Å². The Morgan fingerprint density at radius 2 is 2.00 bits per heavy atom.